The third-order valence-electron chi connectivity index (χ3n) is 3.16. The molecule has 0 saturated heterocycles. The fraction of sp³-hybridized carbons (Fsp3) is 0.286. The van der Waals surface area contributed by atoms with Gasteiger partial charge in [-0.3, -0.25) is 9.36 Å². The van der Waals surface area contributed by atoms with Crippen molar-refractivity contribution in [2.24, 2.45) is 14.1 Å². The molecule has 2 aromatic rings. The van der Waals surface area contributed by atoms with Gasteiger partial charge in [-0.15, -0.1) is 0 Å². The summed E-state index contributed by atoms with van der Waals surface area (Å²) in [6.45, 7) is 0.546. The Kier molecular flexibility index (Phi) is 4.74. The van der Waals surface area contributed by atoms with Gasteiger partial charge in [0.15, 0.2) is 0 Å². The highest BCUT2D eigenvalue weighted by Crippen LogP contribution is 2.15. The molecule has 1 N–H and O–H groups in total. The van der Waals surface area contributed by atoms with E-state index in [1.165, 1.54) is 23.9 Å². The normalized spacial score (nSPS) is 10.9. The van der Waals surface area contributed by atoms with Gasteiger partial charge in [-0.2, -0.15) is 0 Å². The van der Waals surface area contributed by atoms with Crippen LogP contribution < -0.4 is 16.6 Å². The first-order valence-corrected chi connectivity index (χ1v) is 7.09. The highest BCUT2D eigenvalue weighted by Gasteiger charge is 2.07. The van der Waals surface area contributed by atoms with E-state index >= 15 is 0 Å². The first-order chi connectivity index (χ1) is 9.90. The Balaban J connectivity index is 2.13. The molecule has 2 rings (SSSR count). The van der Waals surface area contributed by atoms with E-state index in [4.69, 9.17) is 0 Å². The first kappa shape index (κ1) is 15.7. The lowest BCUT2D eigenvalue weighted by molar-refractivity contribution is 0.581. The first-order valence-electron chi connectivity index (χ1n) is 6.30. The summed E-state index contributed by atoms with van der Waals surface area (Å²) in [6, 6.07) is 4.69. The zero-order chi connectivity index (χ0) is 15.6. The average Bonchev–Trinajstić information content (AvgIpc) is 2.45. The fourth-order valence-electron chi connectivity index (χ4n) is 2.01. The Morgan fingerprint density at radius 3 is 2.57 bits per heavy atom. The van der Waals surface area contributed by atoms with Crippen LogP contribution in [-0.4, -0.2) is 9.13 Å². The predicted molar refractivity (Wildman–Crippen MR) is 81.6 cm³/mol. The fourth-order valence-corrected chi connectivity index (χ4v) is 2.42. The Morgan fingerprint density at radius 2 is 1.86 bits per heavy atom. The summed E-state index contributed by atoms with van der Waals surface area (Å²) in [5.74, 6) is -0.306. The average molecular weight is 356 g/mol. The number of aryl methyl sites for hydroxylation is 1. The lowest BCUT2D eigenvalue weighted by atomic mass is 10.2. The molecule has 1 heterocycles. The van der Waals surface area contributed by atoms with E-state index in [1.54, 1.807) is 19.2 Å². The molecule has 5 nitrogen and oxygen atoms in total. The minimum absolute atomic E-state index is 0.257. The smallest absolute Gasteiger partial charge is 0.308 e. The molecule has 7 heteroatoms. The molecule has 112 valence electrons. The Labute approximate surface area is 129 Å². The number of rotatable bonds is 4. The lowest BCUT2D eigenvalue weighted by Crippen LogP contribution is -2.39. The van der Waals surface area contributed by atoms with Gasteiger partial charge in [-0.05, 0) is 18.2 Å². The van der Waals surface area contributed by atoms with Crippen LogP contribution in [-0.2, 0) is 27.2 Å². The number of benzene rings is 1. The third kappa shape index (κ3) is 3.48. The molecule has 1 aromatic carbocycles. The molecule has 0 radical (unpaired) electrons. The van der Waals surface area contributed by atoms with E-state index in [9.17, 15) is 14.0 Å². The predicted octanol–water partition coefficient (Wildman–Crippen LogP) is 1.28. The summed E-state index contributed by atoms with van der Waals surface area (Å²) in [6.07, 6.45) is 1.49. The molecule has 0 aliphatic carbocycles. The van der Waals surface area contributed by atoms with Crippen LogP contribution >= 0.6 is 15.9 Å². The highest BCUT2D eigenvalue weighted by molar-refractivity contribution is 9.10. The number of halogens is 2. The molecular weight excluding hydrogens is 341 g/mol. The van der Waals surface area contributed by atoms with Gasteiger partial charge >= 0.3 is 5.69 Å². The van der Waals surface area contributed by atoms with Gasteiger partial charge in [0.25, 0.3) is 5.56 Å². The molecule has 0 unspecified atom stereocenters. The van der Waals surface area contributed by atoms with Crippen LogP contribution in [0, 0.1) is 5.82 Å². The van der Waals surface area contributed by atoms with Crippen LogP contribution in [0.25, 0.3) is 0 Å². The lowest BCUT2D eigenvalue weighted by Gasteiger charge is -2.09. The van der Waals surface area contributed by atoms with Crippen molar-refractivity contribution in [3.8, 4) is 0 Å². The maximum atomic E-state index is 13.6. The molecule has 1 aromatic heterocycles. The zero-order valence-electron chi connectivity index (χ0n) is 11.7. The summed E-state index contributed by atoms with van der Waals surface area (Å²) in [5, 5.41) is 3.01. The van der Waals surface area contributed by atoms with E-state index in [-0.39, 0.29) is 30.2 Å². The monoisotopic (exact) mass is 355 g/mol. The minimum atomic E-state index is -0.373. The number of nitrogens with zero attached hydrogens (tertiary/aromatic N) is 2. The number of nitrogens with one attached hydrogen (secondary N) is 1. The number of aromatic nitrogens is 2. The van der Waals surface area contributed by atoms with Crippen molar-refractivity contribution in [1.82, 2.24) is 14.5 Å². The van der Waals surface area contributed by atoms with E-state index in [0.717, 1.165) is 9.04 Å². The van der Waals surface area contributed by atoms with Gasteiger partial charge in [-0.25, -0.2) is 9.18 Å². The number of hydrogen-bond donors (Lipinski definition) is 1. The van der Waals surface area contributed by atoms with Crippen molar-refractivity contribution in [2.45, 2.75) is 13.1 Å². The molecule has 21 heavy (non-hydrogen) atoms. The Bertz CT molecular complexity index is 783. The van der Waals surface area contributed by atoms with Crippen molar-refractivity contribution in [2.75, 3.05) is 0 Å². The molecule has 0 fully saturated rings. The SMILES string of the molecule is Cn1cc(CNCc2cc(Br)ccc2F)c(=O)n(C)c1=O. The van der Waals surface area contributed by atoms with Crippen LogP contribution in [0.4, 0.5) is 4.39 Å². The molecule has 0 spiro atoms. The van der Waals surface area contributed by atoms with Gasteiger partial charge in [-0.1, -0.05) is 15.9 Å². The largest absolute Gasteiger partial charge is 0.330 e. The molecule has 0 bridgehead atoms. The van der Waals surface area contributed by atoms with Crippen molar-refractivity contribution in [3.05, 3.63) is 66.7 Å². The van der Waals surface area contributed by atoms with Crippen LogP contribution in [0.1, 0.15) is 11.1 Å². The molecule has 0 saturated carbocycles. The maximum absolute atomic E-state index is 13.6. The van der Waals surface area contributed by atoms with Crippen molar-refractivity contribution in [3.63, 3.8) is 0 Å². The van der Waals surface area contributed by atoms with E-state index in [0.29, 0.717) is 11.1 Å². The quantitative estimate of drug-likeness (QED) is 0.898. The Hall–Kier alpha value is -1.73. The third-order valence-corrected chi connectivity index (χ3v) is 3.65. The summed E-state index contributed by atoms with van der Waals surface area (Å²) < 4.78 is 16.8. The molecule has 0 amide bonds. The van der Waals surface area contributed by atoms with Crippen LogP contribution in [0.3, 0.4) is 0 Å². The van der Waals surface area contributed by atoms with E-state index in [1.807, 2.05) is 0 Å². The Morgan fingerprint density at radius 1 is 1.19 bits per heavy atom. The molecule has 0 atom stereocenters. The second-order valence-electron chi connectivity index (χ2n) is 4.75. The maximum Gasteiger partial charge on any atom is 0.330 e. The van der Waals surface area contributed by atoms with Crippen molar-refractivity contribution < 1.29 is 4.39 Å². The van der Waals surface area contributed by atoms with Crippen molar-refractivity contribution in [1.29, 1.82) is 0 Å². The molecule has 0 aliphatic rings. The zero-order valence-corrected chi connectivity index (χ0v) is 13.3. The van der Waals surface area contributed by atoms with E-state index < -0.39 is 0 Å². The van der Waals surface area contributed by atoms with Gasteiger partial charge in [0.05, 0.1) is 0 Å². The van der Waals surface area contributed by atoms with Gasteiger partial charge < -0.3 is 9.88 Å². The van der Waals surface area contributed by atoms with Crippen LogP contribution in [0.2, 0.25) is 0 Å². The second-order valence-corrected chi connectivity index (χ2v) is 5.67. The minimum Gasteiger partial charge on any atom is -0.308 e. The van der Waals surface area contributed by atoms with Crippen molar-refractivity contribution >= 4 is 15.9 Å². The topological polar surface area (TPSA) is 56.0 Å². The summed E-state index contributed by atoms with van der Waals surface area (Å²) in [7, 11) is 3.02. The van der Waals surface area contributed by atoms with Crippen LogP contribution in [0.15, 0.2) is 38.5 Å². The van der Waals surface area contributed by atoms with Gasteiger partial charge in [0, 0.05) is 49.0 Å². The standard InChI is InChI=1S/C14H15BrFN3O2/c1-18-8-10(13(20)19(2)14(18)21)7-17-6-9-5-11(15)3-4-12(9)16/h3-5,8,17H,6-7H2,1-2H3. The summed E-state index contributed by atoms with van der Waals surface area (Å²) in [5.41, 5.74) is 0.239. The van der Waals surface area contributed by atoms with E-state index in [2.05, 4.69) is 21.2 Å². The molecular formula is C14H15BrFN3O2. The second kappa shape index (κ2) is 6.36. The van der Waals surface area contributed by atoms with Crippen LogP contribution in [0.5, 0.6) is 0 Å². The summed E-state index contributed by atoms with van der Waals surface area (Å²) in [4.78, 5) is 23.5. The van der Waals surface area contributed by atoms with Gasteiger partial charge in [0.1, 0.15) is 5.82 Å². The number of hydrogen-bond acceptors (Lipinski definition) is 3. The molecule has 0 aliphatic heterocycles. The van der Waals surface area contributed by atoms with Gasteiger partial charge in [0.2, 0.25) is 0 Å². The highest BCUT2D eigenvalue weighted by atomic mass is 79.9. The summed E-state index contributed by atoms with van der Waals surface area (Å²) >= 11 is 3.29.